The van der Waals surface area contributed by atoms with Crippen molar-refractivity contribution in [1.82, 2.24) is 10.2 Å². The second-order valence-corrected chi connectivity index (χ2v) is 5.26. The van der Waals surface area contributed by atoms with E-state index in [-0.39, 0.29) is 0 Å². The predicted molar refractivity (Wildman–Crippen MR) is 78.6 cm³/mol. The van der Waals surface area contributed by atoms with Crippen LogP contribution >= 0.6 is 0 Å². The van der Waals surface area contributed by atoms with Gasteiger partial charge in [0.2, 0.25) is 0 Å². The normalized spacial score (nSPS) is 12.4. The van der Waals surface area contributed by atoms with E-state index in [1.54, 1.807) is 0 Å². The molecular weight excluding hydrogens is 208 g/mol. The third kappa shape index (κ3) is 6.42. The molecule has 0 aromatic rings. The summed E-state index contributed by atoms with van der Waals surface area (Å²) in [5.41, 5.74) is 0.473. The molecule has 104 valence electrons. The van der Waals surface area contributed by atoms with Gasteiger partial charge in [0.1, 0.15) is 0 Å². The Morgan fingerprint density at radius 2 is 1.41 bits per heavy atom. The third-order valence-corrected chi connectivity index (χ3v) is 3.89. The van der Waals surface area contributed by atoms with Crippen LogP contribution in [0.5, 0.6) is 0 Å². The minimum absolute atomic E-state index is 0.473. The van der Waals surface area contributed by atoms with Crippen LogP contribution in [0, 0.1) is 5.41 Å². The number of hydrogen-bond donors (Lipinski definition) is 1. The number of nitrogens with one attached hydrogen (secondary N) is 1. The lowest BCUT2D eigenvalue weighted by molar-refractivity contribution is 0.134. The summed E-state index contributed by atoms with van der Waals surface area (Å²) in [6.45, 7) is 17.5. The Bertz CT molecular complexity index is 158. The molecule has 1 N–H and O–H groups in total. The Morgan fingerprint density at radius 3 is 1.76 bits per heavy atom. The van der Waals surface area contributed by atoms with Gasteiger partial charge in [0.05, 0.1) is 0 Å². The Kier molecular flexibility index (Phi) is 9.85. The van der Waals surface area contributed by atoms with Gasteiger partial charge in [-0.1, -0.05) is 34.6 Å². The number of rotatable bonds is 11. The molecule has 0 radical (unpaired) electrons. The van der Waals surface area contributed by atoms with Crippen LogP contribution in [0.15, 0.2) is 0 Å². The van der Waals surface area contributed by atoms with Gasteiger partial charge < -0.3 is 10.2 Å². The lowest BCUT2D eigenvalue weighted by Gasteiger charge is -2.37. The van der Waals surface area contributed by atoms with Crippen molar-refractivity contribution in [3.8, 4) is 0 Å². The van der Waals surface area contributed by atoms with Gasteiger partial charge in [0, 0.05) is 13.1 Å². The first-order valence-electron chi connectivity index (χ1n) is 7.61. The molecule has 0 fully saturated rings. The van der Waals surface area contributed by atoms with E-state index < -0.39 is 0 Å². The predicted octanol–water partition coefficient (Wildman–Crippen LogP) is 3.52. The van der Waals surface area contributed by atoms with Gasteiger partial charge in [-0.15, -0.1) is 0 Å². The highest BCUT2D eigenvalue weighted by Crippen LogP contribution is 2.27. The molecule has 0 unspecified atom stereocenters. The number of nitrogens with zero attached hydrogens (tertiary/aromatic N) is 1. The van der Waals surface area contributed by atoms with E-state index in [0.717, 1.165) is 6.54 Å². The molecule has 2 heteroatoms. The molecule has 0 aromatic heterocycles. The molecule has 0 aliphatic heterocycles. The summed E-state index contributed by atoms with van der Waals surface area (Å²) in [5, 5.41) is 3.55. The van der Waals surface area contributed by atoms with Crippen molar-refractivity contribution in [2.24, 2.45) is 5.41 Å². The van der Waals surface area contributed by atoms with E-state index in [1.165, 1.54) is 51.9 Å². The zero-order chi connectivity index (χ0) is 13.1. The summed E-state index contributed by atoms with van der Waals surface area (Å²) in [5.74, 6) is 0. The fourth-order valence-electron chi connectivity index (χ4n) is 2.55. The molecule has 0 amide bonds. The summed E-state index contributed by atoms with van der Waals surface area (Å²) in [6, 6.07) is 0. The quantitative estimate of drug-likeness (QED) is 0.596. The lowest BCUT2D eigenvalue weighted by atomic mass is 9.81. The maximum atomic E-state index is 3.55. The van der Waals surface area contributed by atoms with Gasteiger partial charge in [-0.2, -0.15) is 0 Å². The summed E-state index contributed by atoms with van der Waals surface area (Å²) in [4.78, 5) is 2.66. The highest BCUT2D eigenvalue weighted by molar-refractivity contribution is 4.82. The molecule has 0 saturated heterocycles. The van der Waals surface area contributed by atoms with Crippen LogP contribution in [0.3, 0.4) is 0 Å². The van der Waals surface area contributed by atoms with Gasteiger partial charge in [-0.3, -0.25) is 0 Å². The fourth-order valence-corrected chi connectivity index (χ4v) is 2.55. The Labute approximate surface area is 109 Å². The van der Waals surface area contributed by atoms with Crippen LogP contribution in [0.4, 0.5) is 0 Å². The largest absolute Gasteiger partial charge is 0.316 e. The van der Waals surface area contributed by atoms with Crippen molar-refractivity contribution in [3.63, 3.8) is 0 Å². The minimum atomic E-state index is 0.473. The maximum Gasteiger partial charge on any atom is 0.00499 e. The zero-order valence-electron chi connectivity index (χ0n) is 12.8. The zero-order valence-corrected chi connectivity index (χ0v) is 12.8. The molecule has 0 bridgehead atoms. The highest BCUT2D eigenvalue weighted by atomic mass is 15.1. The topological polar surface area (TPSA) is 15.3 Å². The van der Waals surface area contributed by atoms with Gasteiger partial charge in [0.25, 0.3) is 0 Å². The summed E-state index contributed by atoms with van der Waals surface area (Å²) < 4.78 is 0. The average Bonchev–Trinajstić information content (AvgIpc) is 2.35. The van der Waals surface area contributed by atoms with Gasteiger partial charge >= 0.3 is 0 Å². The van der Waals surface area contributed by atoms with Gasteiger partial charge in [-0.25, -0.2) is 0 Å². The van der Waals surface area contributed by atoms with Crippen molar-refractivity contribution in [2.75, 3.05) is 32.7 Å². The second kappa shape index (κ2) is 9.90. The SMILES string of the molecule is CCCN(CCC)CC(CC)(CC)CNCC. The third-order valence-electron chi connectivity index (χ3n) is 3.89. The summed E-state index contributed by atoms with van der Waals surface area (Å²) in [6.07, 6.45) is 5.09. The molecule has 2 nitrogen and oxygen atoms in total. The first-order valence-corrected chi connectivity index (χ1v) is 7.61. The molecule has 0 aliphatic rings. The Hall–Kier alpha value is -0.0800. The van der Waals surface area contributed by atoms with Crippen molar-refractivity contribution in [2.45, 2.75) is 60.3 Å². The van der Waals surface area contributed by atoms with E-state index in [4.69, 9.17) is 0 Å². The standard InChI is InChI=1S/C15H34N2/c1-6-11-17(12-7-2)14-15(8-3,9-4)13-16-10-5/h16H,6-14H2,1-5H3. The molecule has 0 saturated carbocycles. The highest BCUT2D eigenvalue weighted by Gasteiger charge is 2.27. The first-order chi connectivity index (χ1) is 8.17. The molecule has 0 aliphatic carbocycles. The second-order valence-electron chi connectivity index (χ2n) is 5.26. The molecule has 0 atom stereocenters. The molecule has 0 rings (SSSR count). The summed E-state index contributed by atoms with van der Waals surface area (Å²) in [7, 11) is 0. The van der Waals surface area contributed by atoms with E-state index in [0.29, 0.717) is 5.41 Å². The van der Waals surface area contributed by atoms with Crippen LogP contribution in [0.1, 0.15) is 60.3 Å². The van der Waals surface area contributed by atoms with E-state index in [2.05, 4.69) is 44.8 Å². The maximum absolute atomic E-state index is 3.55. The fraction of sp³-hybridized carbons (Fsp3) is 1.00. The Morgan fingerprint density at radius 1 is 0.882 bits per heavy atom. The molecule has 0 heterocycles. The van der Waals surface area contributed by atoms with Crippen molar-refractivity contribution < 1.29 is 0 Å². The smallest absolute Gasteiger partial charge is 0.00499 e. The Balaban J connectivity index is 4.44. The van der Waals surface area contributed by atoms with Crippen molar-refractivity contribution in [3.05, 3.63) is 0 Å². The van der Waals surface area contributed by atoms with Crippen LogP contribution in [-0.2, 0) is 0 Å². The lowest BCUT2D eigenvalue weighted by Crippen LogP contribution is -2.44. The van der Waals surface area contributed by atoms with Crippen molar-refractivity contribution >= 4 is 0 Å². The number of hydrogen-bond acceptors (Lipinski definition) is 2. The van der Waals surface area contributed by atoms with Crippen LogP contribution < -0.4 is 5.32 Å². The molecule has 0 aromatic carbocycles. The molecular formula is C15H34N2. The van der Waals surface area contributed by atoms with Crippen LogP contribution in [-0.4, -0.2) is 37.6 Å². The van der Waals surface area contributed by atoms with E-state index in [1.807, 2.05) is 0 Å². The van der Waals surface area contributed by atoms with Gasteiger partial charge in [-0.05, 0) is 50.7 Å². The van der Waals surface area contributed by atoms with Gasteiger partial charge in [0.15, 0.2) is 0 Å². The summed E-state index contributed by atoms with van der Waals surface area (Å²) >= 11 is 0. The monoisotopic (exact) mass is 242 g/mol. The van der Waals surface area contributed by atoms with Crippen LogP contribution in [0.2, 0.25) is 0 Å². The molecule has 0 spiro atoms. The van der Waals surface area contributed by atoms with E-state index in [9.17, 15) is 0 Å². The average molecular weight is 242 g/mol. The van der Waals surface area contributed by atoms with Crippen LogP contribution in [0.25, 0.3) is 0 Å². The van der Waals surface area contributed by atoms with Crippen molar-refractivity contribution in [1.29, 1.82) is 0 Å². The van der Waals surface area contributed by atoms with E-state index >= 15 is 0 Å². The molecule has 17 heavy (non-hydrogen) atoms. The minimum Gasteiger partial charge on any atom is -0.316 e. The first kappa shape index (κ1) is 16.9.